The molecule has 0 saturated heterocycles. The van der Waals surface area contributed by atoms with Gasteiger partial charge in [-0.2, -0.15) is 5.10 Å². The van der Waals surface area contributed by atoms with Gasteiger partial charge in [-0.15, -0.1) is 0 Å². The molecule has 0 bridgehead atoms. The Labute approximate surface area is 132 Å². The van der Waals surface area contributed by atoms with Crippen LogP contribution < -0.4 is 11.0 Å². The maximum absolute atomic E-state index is 11.7. The molecule has 0 saturated carbocycles. The minimum absolute atomic E-state index is 0.100. The third kappa shape index (κ3) is 5.03. The summed E-state index contributed by atoms with van der Waals surface area (Å²) in [6.07, 6.45) is 4.59. The van der Waals surface area contributed by atoms with Gasteiger partial charge in [0.25, 0.3) is 11.5 Å². The minimum Gasteiger partial charge on any atom is -0.306 e. The molecule has 0 aliphatic rings. The molecule has 1 aromatic carbocycles. The summed E-state index contributed by atoms with van der Waals surface area (Å²) in [7, 11) is 0. The summed E-state index contributed by atoms with van der Waals surface area (Å²) in [6.45, 7) is -0.100. The number of rotatable bonds is 5. The second-order valence-electron chi connectivity index (χ2n) is 4.40. The highest BCUT2D eigenvalue weighted by Gasteiger charge is 2.01. The topological polar surface area (TPSA) is 63.5 Å². The van der Waals surface area contributed by atoms with Gasteiger partial charge in [-0.25, -0.2) is 5.43 Å². The lowest BCUT2D eigenvalue weighted by Gasteiger charge is -2.02. The van der Waals surface area contributed by atoms with Gasteiger partial charge in [0.05, 0.1) is 11.2 Å². The van der Waals surface area contributed by atoms with Crippen LogP contribution in [0.1, 0.15) is 5.56 Å². The van der Waals surface area contributed by atoms with Gasteiger partial charge in [0.2, 0.25) is 0 Å². The Kier molecular flexibility index (Phi) is 5.68. The first-order valence-corrected chi connectivity index (χ1v) is 6.92. The number of amides is 1. The fourth-order valence-corrected chi connectivity index (χ4v) is 1.87. The lowest BCUT2D eigenvalue weighted by Crippen LogP contribution is -2.28. The number of carbonyl (C=O) groups is 1. The average molecular weight is 316 g/mol. The molecule has 0 fully saturated rings. The SMILES string of the molecule is O=C(Cn1ccccc1=O)N/N=C\C(Cl)=C\c1ccccc1. The molecule has 0 aliphatic heterocycles. The van der Waals surface area contributed by atoms with Gasteiger partial charge in [0, 0.05) is 12.3 Å². The van der Waals surface area contributed by atoms with Gasteiger partial charge < -0.3 is 4.57 Å². The van der Waals surface area contributed by atoms with Crippen LogP contribution in [-0.2, 0) is 11.3 Å². The third-order valence-corrected chi connectivity index (χ3v) is 2.90. The number of halogens is 1. The van der Waals surface area contributed by atoms with E-state index in [9.17, 15) is 9.59 Å². The Morgan fingerprint density at radius 2 is 1.91 bits per heavy atom. The van der Waals surface area contributed by atoms with Crippen LogP contribution in [-0.4, -0.2) is 16.7 Å². The molecule has 2 rings (SSSR count). The molecule has 22 heavy (non-hydrogen) atoms. The Morgan fingerprint density at radius 3 is 2.64 bits per heavy atom. The number of pyridine rings is 1. The van der Waals surface area contributed by atoms with Crippen LogP contribution in [0.3, 0.4) is 0 Å². The number of benzene rings is 1. The Bertz CT molecular complexity index is 751. The third-order valence-electron chi connectivity index (χ3n) is 2.69. The first kappa shape index (κ1) is 15.7. The van der Waals surface area contributed by atoms with Crippen molar-refractivity contribution in [2.75, 3.05) is 0 Å². The van der Waals surface area contributed by atoms with Crippen LogP contribution in [0.25, 0.3) is 6.08 Å². The zero-order valence-electron chi connectivity index (χ0n) is 11.6. The molecule has 0 spiro atoms. The van der Waals surface area contributed by atoms with Crippen molar-refractivity contribution < 1.29 is 4.79 Å². The second-order valence-corrected chi connectivity index (χ2v) is 4.84. The van der Waals surface area contributed by atoms with Crippen molar-refractivity contribution in [1.29, 1.82) is 0 Å². The molecule has 1 aromatic heterocycles. The van der Waals surface area contributed by atoms with Gasteiger partial charge >= 0.3 is 0 Å². The van der Waals surface area contributed by atoms with Crippen LogP contribution in [0.5, 0.6) is 0 Å². The van der Waals surface area contributed by atoms with Gasteiger partial charge in [0.1, 0.15) is 6.54 Å². The van der Waals surface area contributed by atoms with E-state index in [4.69, 9.17) is 11.6 Å². The monoisotopic (exact) mass is 315 g/mol. The largest absolute Gasteiger partial charge is 0.306 e. The highest BCUT2D eigenvalue weighted by molar-refractivity contribution is 6.41. The van der Waals surface area contributed by atoms with Gasteiger partial charge in [-0.1, -0.05) is 48.0 Å². The molecule has 0 radical (unpaired) electrons. The molecule has 1 N–H and O–H groups in total. The molecule has 1 amide bonds. The van der Waals surface area contributed by atoms with Crippen molar-refractivity contribution in [2.24, 2.45) is 5.10 Å². The zero-order chi connectivity index (χ0) is 15.8. The van der Waals surface area contributed by atoms with Gasteiger partial charge in [-0.05, 0) is 17.7 Å². The standard InChI is InChI=1S/C16H14ClN3O2/c17-14(10-13-6-2-1-3-7-13)11-18-19-15(21)12-20-9-5-4-8-16(20)22/h1-11H,12H2,(H,19,21)/b14-10-,18-11-. The van der Waals surface area contributed by atoms with Crippen LogP contribution >= 0.6 is 11.6 Å². The van der Waals surface area contributed by atoms with E-state index < -0.39 is 5.91 Å². The molecule has 1 heterocycles. The van der Waals surface area contributed by atoms with Crippen molar-refractivity contribution in [3.05, 3.63) is 75.7 Å². The number of hydrogen-bond acceptors (Lipinski definition) is 3. The number of hydrogen-bond donors (Lipinski definition) is 1. The fourth-order valence-electron chi connectivity index (χ4n) is 1.69. The molecule has 0 atom stereocenters. The van der Waals surface area contributed by atoms with E-state index in [0.29, 0.717) is 5.03 Å². The molecule has 0 unspecified atom stereocenters. The van der Waals surface area contributed by atoms with Crippen molar-refractivity contribution in [1.82, 2.24) is 9.99 Å². The van der Waals surface area contributed by atoms with Crippen LogP contribution in [0.15, 0.2) is 69.7 Å². The summed E-state index contributed by atoms with van der Waals surface area (Å²) >= 11 is 5.99. The first-order valence-electron chi connectivity index (χ1n) is 6.55. The van der Waals surface area contributed by atoms with Crippen molar-refractivity contribution in [3.8, 4) is 0 Å². The van der Waals surface area contributed by atoms with Gasteiger partial charge in [0.15, 0.2) is 0 Å². The highest BCUT2D eigenvalue weighted by atomic mass is 35.5. The molecule has 112 valence electrons. The van der Waals surface area contributed by atoms with E-state index in [0.717, 1.165) is 5.56 Å². The van der Waals surface area contributed by atoms with Crippen molar-refractivity contribution >= 4 is 29.8 Å². The van der Waals surface area contributed by atoms with Crippen LogP contribution in [0.4, 0.5) is 0 Å². The summed E-state index contributed by atoms with van der Waals surface area (Å²) < 4.78 is 1.28. The lowest BCUT2D eigenvalue weighted by atomic mass is 10.2. The number of carbonyl (C=O) groups excluding carboxylic acids is 1. The number of hydrazone groups is 1. The van der Waals surface area contributed by atoms with Crippen LogP contribution in [0, 0.1) is 0 Å². The van der Waals surface area contributed by atoms with Crippen LogP contribution in [0.2, 0.25) is 0 Å². The number of aromatic nitrogens is 1. The predicted molar refractivity (Wildman–Crippen MR) is 87.6 cm³/mol. The first-order chi connectivity index (χ1) is 10.6. The summed E-state index contributed by atoms with van der Waals surface area (Å²) in [5.74, 6) is -0.409. The predicted octanol–water partition coefficient (Wildman–Crippen LogP) is 2.23. The van der Waals surface area contributed by atoms with E-state index in [1.54, 1.807) is 18.2 Å². The fraction of sp³-hybridized carbons (Fsp3) is 0.0625. The summed E-state index contributed by atoms with van der Waals surface area (Å²) in [5, 5.41) is 4.13. The Balaban J connectivity index is 1.89. The molecular formula is C16H14ClN3O2. The normalized spacial score (nSPS) is 11.6. The maximum Gasteiger partial charge on any atom is 0.260 e. The molecule has 0 aliphatic carbocycles. The van der Waals surface area contributed by atoms with E-state index >= 15 is 0 Å². The van der Waals surface area contributed by atoms with E-state index in [1.165, 1.54) is 23.0 Å². The Morgan fingerprint density at radius 1 is 1.18 bits per heavy atom. The maximum atomic E-state index is 11.7. The number of nitrogens with one attached hydrogen (secondary N) is 1. The quantitative estimate of drug-likeness (QED) is 0.679. The number of allylic oxidation sites excluding steroid dienone is 1. The Hall–Kier alpha value is -2.66. The van der Waals surface area contributed by atoms with E-state index in [-0.39, 0.29) is 12.1 Å². The van der Waals surface area contributed by atoms with Gasteiger partial charge in [-0.3, -0.25) is 9.59 Å². The second kappa shape index (κ2) is 7.95. The molecule has 6 heteroatoms. The van der Waals surface area contributed by atoms with E-state index in [1.807, 2.05) is 30.3 Å². The number of nitrogens with zero attached hydrogens (tertiary/aromatic N) is 2. The average Bonchev–Trinajstić information content (AvgIpc) is 2.50. The molecule has 5 nitrogen and oxygen atoms in total. The van der Waals surface area contributed by atoms with Crippen molar-refractivity contribution in [2.45, 2.75) is 6.54 Å². The summed E-state index contributed by atoms with van der Waals surface area (Å²) in [6, 6.07) is 14.2. The van der Waals surface area contributed by atoms with Crippen molar-refractivity contribution in [3.63, 3.8) is 0 Å². The summed E-state index contributed by atoms with van der Waals surface area (Å²) in [4.78, 5) is 23.1. The van der Waals surface area contributed by atoms with E-state index in [2.05, 4.69) is 10.5 Å². The zero-order valence-corrected chi connectivity index (χ0v) is 12.4. The smallest absolute Gasteiger partial charge is 0.260 e. The highest BCUT2D eigenvalue weighted by Crippen LogP contribution is 2.07. The lowest BCUT2D eigenvalue weighted by molar-refractivity contribution is -0.121. The summed E-state index contributed by atoms with van der Waals surface area (Å²) in [5.41, 5.74) is 3.01. The molecular weight excluding hydrogens is 302 g/mol. The minimum atomic E-state index is -0.409. The molecule has 2 aromatic rings.